The van der Waals surface area contributed by atoms with Gasteiger partial charge in [-0.2, -0.15) is 0 Å². The van der Waals surface area contributed by atoms with Gasteiger partial charge in [0.2, 0.25) is 5.91 Å². The molecule has 1 heterocycles. The lowest BCUT2D eigenvalue weighted by molar-refractivity contribution is -0.117. The van der Waals surface area contributed by atoms with Gasteiger partial charge in [-0.3, -0.25) is 14.6 Å². The number of carbonyl (C=O) groups is 1. The van der Waals surface area contributed by atoms with Crippen LogP contribution in [0.5, 0.6) is 0 Å². The Morgan fingerprint density at radius 1 is 0.727 bits per heavy atom. The molecule has 0 saturated carbocycles. The number of benzene rings is 3. The summed E-state index contributed by atoms with van der Waals surface area (Å²) in [5, 5.41) is 2.80. The number of halogens is 3. The third-order valence-electron chi connectivity index (χ3n) is 5.85. The van der Waals surface area contributed by atoms with Crippen LogP contribution in [0.15, 0.2) is 72.8 Å². The molecule has 1 amide bonds. The summed E-state index contributed by atoms with van der Waals surface area (Å²) < 4.78 is 40.1. The average molecular weight is 454 g/mol. The fraction of sp³-hybridized carbons (Fsp3) is 0.269. The van der Waals surface area contributed by atoms with Crippen LogP contribution >= 0.6 is 0 Å². The van der Waals surface area contributed by atoms with E-state index in [1.807, 2.05) is 0 Å². The molecule has 1 fully saturated rings. The lowest BCUT2D eigenvalue weighted by Gasteiger charge is -2.31. The summed E-state index contributed by atoms with van der Waals surface area (Å²) in [6, 6.07) is 18.4. The minimum absolute atomic E-state index is 0.140. The van der Waals surface area contributed by atoms with Crippen molar-refractivity contribution in [1.29, 1.82) is 0 Å². The molecular weight excluding hydrogens is 427 g/mol. The van der Waals surface area contributed by atoms with Gasteiger partial charge in [0, 0.05) is 25.3 Å². The van der Waals surface area contributed by atoms with Gasteiger partial charge in [-0.15, -0.1) is 0 Å². The number of rotatable bonds is 6. The molecule has 1 N–H and O–H groups in total. The Hall–Kier alpha value is -3.16. The highest BCUT2D eigenvalue weighted by molar-refractivity contribution is 5.92. The van der Waals surface area contributed by atoms with Crippen molar-refractivity contribution < 1.29 is 18.0 Å². The summed E-state index contributed by atoms with van der Waals surface area (Å²) >= 11 is 0. The van der Waals surface area contributed by atoms with Gasteiger partial charge in [0.15, 0.2) is 0 Å². The maximum absolute atomic E-state index is 13.5. The zero-order chi connectivity index (χ0) is 23.2. The van der Waals surface area contributed by atoms with Gasteiger partial charge in [-0.25, -0.2) is 13.2 Å². The van der Waals surface area contributed by atoms with Crippen LogP contribution in [0.4, 0.5) is 18.9 Å². The van der Waals surface area contributed by atoms with E-state index in [2.05, 4.69) is 15.1 Å². The predicted molar refractivity (Wildman–Crippen MR) is 122 cm³/mol. The molecule has 4 nitrogen and oxygen atoms in total. The second-order valence-electron chi connectivity index (χ2n) is 8.23. The van der Waals surface area contributed by atoms with Gasteiger partial charge >= 0.3 is 0 Å². The van der Waals surface area contributed by atoms with Crippen molar-refractivity contribution in [1.82, 2.24) is 9.80 Å². The number of nitrogens with one attached hydrogen (secondary N) is 1. The van der Waals surface area contributed by atoms with Crippen molar-refractivity contribution in [3.8, 4) is 0 Å². The molecule has 0 unspecified atom stereocenters. The molecule has 1 saturated heterocycles. The molecule has 0 atom stereocenters. The van der Waals surface area contributed by atoms with E-state index in [9.17, 15) is 18.0 Å². The summed E-state index contributed by atoms with van der Waals surface area (Å²) in [6.45, 7) is 3.16. The van der Waals surface area contributed by atoms with Crippen LogP contribution in [0, 0.1) is 17.5 Å². The molecule has 4 rings (SSSR count). The molecule has 172 valence electrons. The minimum Gasteiger partial charge on any atom is -0.325 e. The molecule has 0 spiro atoms. The van der Waals surface area contributed by atoms with Crippen LogP contribution in [0.25, 0.3) is 0 Å². The molecule has 3 aromatic rings. The topological polar surface area (TPSA) is 35.6 Å². The van der Waals surface area contributed by atoms with Gasteiger partial charge in [-0.1, -0.05) is 24.3 Å². The van der Waals surface area contributed by atoms with Gasteiger partial charge < -0.3 is 5.32 Å². The van der Waals surface area contributed by atoms with Crippen molar-refractivity contribution in [2.75, 3.05) is 38.0 Å². The molecule has 1 aliphatic heterocycles. The van der Waals surface area contributed by atoms with Crippen molar-refractivity contribution in [2.45, 2.75) is 12.5 Å². The Morgan fingerprint density at radius 3 is 1.79 bits per heavy atom. The van der Waals surface area contributed by atoms with Crippen LogP contribution in [0.1, 0.15) is 23.6 Å². The second kappa shape index (κ2) is 10.6. The van der Waals surface area contributed by atoms with E-state index < -0.39 is 0 Å². The fourth-order valence-electron chi connectivity index (χ4n) is 4.25. The van der Waals surface area contributed by atoms with E-state index in [-0.39, 0.29) is 35.9 Å². The average Bonchev–Trinajstić information content (AvgIpc) is 3.03. The predicted octanol–water partition coefficient (Wildman–Crippen LogP) is 4.84. The van der Waals surface area contributed by atoms with Crippen LogP contribution in [-0.4, -0.2) is 48.4 Å². The zero-order valence-corrected chi connectivity index (χ0v) is 18.2. The molecule has 0 aromatic heterocycles. The van der Waals surface area contributed by atoms with E-state index in [4.69, 9.17) is 0 Å². The third kappa shape index (κ3) is 6.21. The fourth-order valence-corrected chi connectivity index (χ4v) is 4.25. The van der Waals surface area contributed by atoms with Crippen LogP contribution in [0.2, 0.25) is 0 Å². The van der Waals surface area contributed by atoms with Crippen molar-refractivity contribution in [3.05, 3.63) is 101 Å². The maximum atomic E-state index is 13.5. The highest BCUT2D eigenvalue weighted by Crippen LogP contribution is 2.30. The smallest absolute Gasteiger partial charge is 0.238 e. The lowest BCUT2D eigenvalue weighted by Crippen LogP contribution is -2.37. The zero-order valence-electron chi connectivity index (χ0n) is 18.2. The molecule has 1 aliphatic rings. The monoisotopic (exact) mass is 453 g/mol. The molecule has 7 heteroatoms. The Morgan fingerprint density at radius 2 is 1.24 bits per heavy atom. The SMILES string of the molecule is O=C(CN1CCCN(C(c2ccc(F)cc2)c2ccc(F)cc2)CC1)Nc1ccc(F)cc1. The molecule has 0 radical (unpaired) electrons. The Labute approximate surface area is 191 Å². The number of carbonyl (C=O) groups excluding carboxylic acids is 1. The van der Waals surface area contributed by atoms with E-state index >= 15 is 0 Å². The van der Waals surface area contributed by atoms with Gasteiger partial charge in [0.1, 0.15) is 17.5 Å². The van der Waals surface area contributed by atoms with E-state index in [0.717, 1.165) is 30.6 Å². The van der Waals surface area contributed by atoms with E-state index in [0.29, 0.717) is 18.8 Å². The first kappa shape index (κ1) is 23.0. The van der Waals surface area contributed by atoms with Crippen LogP contribution in [-0.2, 0) is 4.79 Å². The third-order valence-corrected chi connectivity index (χ3v) is 5.85. The number of hydrogen-bond donors (Lipinski definition) is 1. The van der Waals surface area contributed by atoms with Crippen LogP contribution in [0.3, 0.4) is 0 Å². The van der Waals surface area contributed by atoms with Crippen molar-refractivity contribution in [3.63, 3.8) is 0 Å². The van der Waals surface area contributed by atoms with Crippen LogP contribution < -0.4 is 5.32 Å². The van der Waals surface area contributed by atoms with Crippen molar-refractivity contribution in [2.24, 2.45) is 0 Å². The lowest BCUT2D eigenvalue weighted by atomic mass is 9.96. The highest BCUT2D eigenvalue weighted by Gasteiger charge is 2.26. The first-order chi connectivity index (χ1) is 16.0. The summed E-state index contributed by atoms with van der Waals surface area (Å²) in [7, 11) is 0. The summed E-state index contributed by atoms with van der Waals surface area (Å²) in [6.07, 6.45) is 0.850. The van der Waals surface area contributed by atoms with E-state index in [1.165, 1.54) is 48.5 Å². The summed E-state index contributed by atoms with van der Waals surface area (Å²) in [4.78, 5) is 16.8. The number of amides is 1. The quantitative estimate of drug-likeness (QED) is 0.580. The highest BCUT2D eigenvalue weighted by atomic mass is 19.1. The number of nitrogens with zero attached hydrogens (tertiary/aromatic N) is 2. The minimum atomic E-state index is -0.350. The molecule has 0 bridgehead atoms. The molecule has 0 aliphatic carbocycles. The summed E-state index contributed by atoms with van der Waals surface area (Å²) in [5.74, 6) is -1.10. The van der Waals surface area contributed by atoms with Gasteiger partial charge in [-0.05, 0) is 72.6 Å². The Bertz CT molecular complexity index is 1010. The first-order valence-electron chi connectivity index (χ1n) is 11.0. The molecule has 3 aromatic carbocycles. The Balaban J connectivity index is 1.44. The maximum Gasteiger partial charge on any atom is 0.238 e. The second-order valence-corrected chi connectivity index (χ2v) is 8.23. The summed E-state index contributed by atoms with van der Waals surface area (Å²) in [5.41, 5.74) is 2.43. The number of hydrogen-bond acceptors (Lipinski definition) is 3. The van der Waals surface area contributed by atoms with Crippen molar-refractivity contribution >= 4 is 11.6 Å². The standard InChI is InChI=1S/C26H26F3N3O/c27-21-6-2-19(3-7-21)26(20-4-8-22(28)9-5-20)32-15-1-14-31(16-17-32)18-25(33)30-24-12-10-23(29)11-13-24/h2-13,26H,1,14-18H2,(H,30,33). The molecule has 33 heavy (non-hydrogen) atoms. The Kier molecular flexibility index (Phi) is 7.42. The van der Waals surface area contributed by atoms with Gasteiger partial charge in [0.25, 0.3) is 0 Å². The first-order valence-corrected chi connectivity index (χ1v) is 11.0. The molecular formula is C26H26F3N3O. The normalized spacial score (nSPS) is 15.4. The largest absolute Gasteiger partial charge is 0.325 e. The number of anilines is 1. The van der Waals surface area contributed by atoms with Gasteiger partial charge in [0.05, 0.1) is 12.6 Å². The van der Waals surface area contributed by atoms with E-state index in [1.54, 1.807) is 24.3 Å².